The van der Waals surface area contributed by atoms with Gasteiger partial charge in [-0.3, -0.25) is 0 Å². The number of hydrogen-bond donors (Lipinski definition) is 2. The van der Waals surface area contributed by atoms with Gasteiger partial charge in [0.2, 0.25) is 10.0 Å². The summed E-state index contributed by atoms with van der Waals surface area (Å²) in [4.78, 5) is -0.0180. The van der Waals surface area contributed by atoms with Crippen LogP contribution in [0.3, 0.4) is 0 Å². The first-order valence-corrected chi connectivity index (χ1v) is 8.33. The van der Waals surface area contributed by atoms with Gasteiger partial charge in [-0.05, 0) is 37.5 Å². The third-order valence-corrected chi connectivity index (χ3v) is 5.37. The summed E-state index contributed by atoms with van der Waals surface area (Å²) in [5.41, 5.74) is 0.500. The van der Waals surface area contributed by atoms with Gasteiger partial charge in [0.25, 0.3) is 0 Å². The van der Waals surface area contributed by atoms with E-state index >= 15 is 0 Å². The molecule has 7 heteroatoms. The van der Waals surface area contributed by atoms with Crippen LogP contribution in [-0.2, 0) is 21.4 Å². The van der Waals surface area contributed by atoms with Gasteiger partial charge in [0, 0.05) is 12.6 Å². The molecule has 0 bridgehead atoms. The van der Waals surface area contributed by atoms with E-state index in [2.05, 4.69) is 4.72 Å². The number of aliphatic hydroxyl groups excluding tert-OH is 1. The second kappa shape index (κ2) is 6.41. The Morgan fingerprint density at radius 3 is 2.90 bits per heavy atom. The van der Waals surface area contributed by atoms with Crippen LogP contribution in [0, 0.1) is 0 Å². The van der Waals surface area contributed by atoms with Crippen LogP contribution >= 0.6 is 11.6 Å². The largest absolute Gasteiger partial charge is 0.392 e. The zero-order chi connectivity index (χ0) is 14.8. The van der Waals surface area contributed by atoms with Gasteiger partial charge >= 0.3 is 0 Å². The lowest BCUT2D eigenvalue weighted by atomic mass is 10.1. The van der Waals surface area contributed by atoms with Gasteiger partial charge in [-0.2, -0.15) is 0 Å². The van der Waals surface area contributed by atoms with E-state index in [0.717, 1.165) is 12.8 Å². The average molecular weight is 320 g/mol. The summed E-state index contributed by atoms with van der Waals surface area (Å²) in [6.07, 6.45) is 1.68. The quantitative estimate of drug-likeness (QED) is 0.866. The smallest absolute Gasteiger partial charge is 0.242 e. The van der Waals surface area contributed by atoms with Crippen molar-refractivity contribution in [1.29, 1.82) is 0 Å². The molecule has 0 spiro atoms. The molecule has 1 saturated heterocycles. The number of rotatable bonds is 5. The molecule has 2 unspecified atom stereocenters. The molecule has 1 fully saturated rings. The normalized spacial score (nSPS) is 21.1. The zero-order valence-electron chi connectivity index (χ0n) is 11.2. The Hall–Kier alpha value is -0.660. The Morgan fingerprint density at radius 2 is 2.30 bits per heavy atom. The predicted molar refractivity (Wildman–Crippen MR) is 76.1 cm³/mol. The Bertz CT molecular complexity index is 570. The monoisotopic (exact) mass is 319 g/mol. The summed E-state index contributed by atoms with van der Waals surface area (Å²) >= 11 is 5.95. The van der Waals surface area contributed by atoms with Crippen molar-refractivity contribution >= 4 is 21.6 Å². The average Bonchev–Trinajstić information content (AvgIpc) is 2.92. The van der Waals surface area contributed by atoms with Crippen molar-refractivity contribution in [2.45, 2.75) is 43.4 Å². The third kappa shape index (κ3) is 3.51. The summed E-state index contributed by atoms with van der Waals surface area (Å²) in [5, 5.41) is 9.23. The number of nitrogens with one attached hydrogen (secondary N) is 1. The first-order chi connectivity index (χ1) is 9.44. The lowest BCUT2D eigenvalue weighted by Gasteiger charge is -2.20. The van der Waals surface area contributed by atoms with Crippen LogP contribution in [0.25, 0.3) is 0 Å². The number of sulfonamides is 1. The maximum atomic E-state index is 12.4. The molecule has 0 saturated carbocycles. The summed E-state index contributed by atoms with van der Waals surface area (Å²) < 4.78 is 32.8. The molecule has 0 aromatic heterocycles. The number of ether oxygens (including phenoxy) is 1. The first-order valence-electron chi connectivity index (χ1n) is 6.47. The molecule has 2 rings (SSSR count). The molecule has 1 aromatic rings. The predicted octanol–water partition coefficient (Wildman–Crippen LogP) is 1.68. The molecule has 1 aliphatic heterocycles. The highest BCUT2D eigenvalue weighted by molar-refractivity contribution is 7.89. The second-order valence-corrected chi connectivity index (χ2v) is 6.97. The van der Waals surface area contributed by atoms with Crippen LogP contribution in [-0.4, -0.2) is 32.3 Å². The minimum Gasteiger partial charge on any atom is -0.392 e. The Labute approximate surface area is 124 Å². The van der Waals surface area contributed by atoms with Gasteiger partial charge in [-0.15, -0.1) is 0 Å². The van der Waals surface area contributed by atoms with Crippen LogP contribution in [0.4, 0.5) is 0 Å². The number of hydrogen-bond acceptors (Lipinski definition) is 4. The summed E-state index contributed by atoms with van der Waals surface area (Å²) in [5.74, 6) is 0. The Balaban J connectivity index is 2.21. The molecule has 0 radical (unpaired) electrons. The van der Waals surface area contributed by atoms with Crippen LogP contribution < -0.4 is 4.72 Å². The molecule has 1 aromatic carbocycles. The van der Waals surface area contributed by atoms with Gasteiger partial charge in [-0.25, -0.2) is 13.1 Å². The van der Waals surface area contributed by atoms with Crippen LogP contribution in [0.15, 0.2) is 23.1 Å². The molecule has 2 atom stereocenters. The SMILES string of the molecule is CC(NS(=O)(=O)c1cc(CO)ccc1Cl)C1CCCO1. The lowest BCUT2D eigenvalue weighted by Crippen LogP contribution is -2.40. The van der Waals surface area contributed by atoms with Gasteiger partial charge in [0.1, 0.15) is 4.90 Å². The van der Waals surface area contributed by atoms with Crippen molar-refractivity contribution in [1.82, 2.24) is 4.72 Å². The van der Waals surface area contributed by atoms with Gasteiger partial charge < -0.3 is 9.84 Å². The van der Waals surface area contributed by atoms with E-state index in [4.69, 9.17) is 21.4 Å². The zero-order valence-corrected chi connectivity index (χ0v) is 12.7. The summed E-state index contributed by atoms with van der Waals surface area (Å²) in [6, 6.07) is 4.12. The van der Waals surface area contributed by atoms with Crippen molar-refractivity contribution < 1.29 is 18.3 Å². The van der Waals surface area contributed by atoms with Gasteiger partial charge in [0.05, 0.1) is 17.7 Å². The highest BCUT2D eigenvalue weighted by Gasteiger charge is 2.28. The van der Waals surface area contributed by atoms with Crippen molar-refractivity contribution in [2.24, 2.45) is 0 Å². The molecular weight excluding hydrogens is 302 g/mol. The van der Waals surface area contributed by atoms with Crippen molar-refractivity contribution in [3.8, 4) is 0 Å². The molecule has 1 heterocycles. The van der Waals surface area contributed by atoms with Gasteiger partial charge in [0.15, 0.2) is 0 Å². The highest BCUT2D eigenvalue weighted by Crippen LogP contribution is 2.24. The minimum atomic E-state index is -3.73. The third-order valence-electron chi connectivity index (χ3n) is 3.33. The van der Waals surface area contributed by atoms with Crippen molar-refractivity contribution in [3.63, 3.8) is 0 Å². The minimum absolute atomic E-state index is 0.0180. The van der Waals surface area contributed by atoms with Gasteiger partial charge in [-0.1, -0.05) is 17.7 Å². The van der Waals surface area contributed by atoms with E-state index in [0.29, 0.717) is 12.2 Å². The lowest BCUT2D eigenvalue weighted by molar-refractivity contribution is 0.0902. The standard InChI is InChI=1S/C13H18ClNO4S/c1-9(12-3-2-6-19-12)15-20(17,18)13-7-10(8-16)4-5-11(13)14/h4-5,7,9,12,15-16H,2-3,6,8H2,1H3. The molecule has 112 valence electrons. The fourth-order valence-corrected chi connectivity index (χ4v) is 4.05. The molecule has 2 N–H and O–H groups in total. The van der Waals surface area contributed by atoms with Crippen LogP contribution in [0.2, 0.25) is 5.02 Å². The topological polar surface area (TPSA) is 75.6 Å². The molecule has 0 aliphatic carbocycles. The summed E-state index contributed by atoms with van der Waals surface area (Å²) in [7, 11) is -3.73. The maximum absolute atomic E-state index is 12.4. The molecule has 20 heavy (non-hydrogen) atoms. The first kappa shape index (κ1) is 15.7. The van der Waals surface area contributed by atoms with E-state index in [1.54, 1.807) is 13.0 Å². The highest BCUT2D eigenvalue weighted by atomic mass is 35.5. The second-order valence-electron chi connectivity index (χ2n) is 4.88. The fourth-order valence-electron chi connectivity index (χ4n) is 2.23. The Morgan fingerprint density at radius 1 is 1.55 bits per heavy atom. The molecular formula is C13H18ClNO4S. The maximum Gasteiger partial charge on any atom is 0.242 e. The van der Waals surface area contributed by atoms with Crippen LogP contribution in [0.1, 0.15) is 25.3 Å². The van der Waals surface area contributed by atoms with E-state index in [9.17, 15) is 8.42 Å². The Kier molecular flexibility index (Phi) is 5.04. The fraction of sp³-hybridized carbons (Fsp3) is 0.538. The molecule has 1 aliphatic rings. The number of halogens is 1. The number of benzene rings is 1. The van der Waals surface area contributed by atoms with E-state index in [1.807, 2.05) is 0 Å². The number of aliphatic hydroxyl groups is 1. The van der Waals surface area contributed by atoms with E-state index < -0.39 is 10.0 Å². The molecule has 0 amide bonds. The summed E-state index contributed by atoms with van der Waals surface area (Å²) in [6.45, 7) is 2.20. The van der Waals surface area contributed by atoms with Crippen LogP contribution in [0.5, 0.6) is 0 Å². The van der Waals surface area contributed by atoms with Crippen molar-refractivity contribution in [3.05, 3.63) is 28.8 Å². The van der Waals surface area contributed by atoms with E-state index in [-0.39, 0.29) is 28.7 Å². The molecule has 5 nitrogen and oxygen atoms in total. The van der Waals surface area contributed by atoms with Crippen molar-refractivity contribution in [2.75, 3.05) is 6.61 Å². The van der Waals surface area contributed by atoms with E-state index in [1.165, 1.54) is 12.1 Å².